The highest BCUT2D eigenvalue weighted by Gasteiger charge is 2.29. The van der Waals surface area contributed by atoms with Crippen molar-refractivity contribution in [2.24, 2.45) is 11.1 Å². The van der Waals surface area contributed by atoms with Crippen molar-refractivity contribution in [2.75, 3.05) is 18.6 Å². The molecular formula is C8H19NO3S. The standard InChI is InChI=1S/C8H19NO3S/c1-7(10)8(2,6-9)4-5-13(3,11)12/h7,10H,4-6,9H2,1-3H3. The zero-order valence-corrected chi connectivity index (χ0v) is 9.26. The van der Waals surface area contributed by atoms with Crippen LogP contribution in [0.1, 0.15) is 20.3 Å². The van der Waals surface area contributed by atoms with Crippen molar-refractivity contribution in [1.82, 2.24) is 0 Å². The van der Waals surface area contributed by atoms with E-state index in [9.17, 15) is 13.5 Å². The van der Waals surface area contributed by atoms with Gasteiger partial charge in [0.05, 0.1) is 11.9 Å². The Morgan fingerprint density at radius 3 is 2.23 bits per heavy atom. The minimum Gasteiger partial charge on any atom is -0.393 e. The molecule has 0 heterocycles. The van der Waals surface area contributed by atoms with Crippen LogP contribution in [0.5, 0.6) is 0 Å². The Morgan fingerprint density at radius 2 is 2.00 bits per heavy atom. The van der Waals surface area contributed by atoms with Gasteiger partial charge in [-0.25, -0.2) is 8.42 Å². The predicted molar refractivity (Wildman–Crippen MR) is 53.2 cm³/mol. The van der Waals surface area contributed by atoms with Gasteiger partial charge in [0.1, 0.15) is 9.84 Å². The Morgan fingerprint density at radius 1 is 1.54 bits per heavy atom. The highest BCUT2D eigenvalue weighted by molar-refractivity contribution is 7.90. The molecule has 0 aliphatic rings. The lowest BCUT2D eigenvalue weighted by Gasteiger charge is -2.30. The van der Waals surface area contributed by atoms with Gasteiger partial charge in [0.25, 0.3) is 0 Å². The van der Waals surface area contributed by atoms with E-state index in [1.165, 1.54) is 6.26 Å². The molecule has 0 amide bonds. The van der Waals surface area contributed by atoms with E-state index < -0.39 is 21.4 Å². The number of nitrogens with two attached hydrogens (primary N) is 1. The third-order valence-corrected chi connectivity index (χ3v) is 3.46. The zero-order valence-electron chi connectivity index (χ0n) is 8.45. The molecule has 0 saturated carbocycles. The number of aliphatic hydroxyl groups excluding tert-OH is 1. The first kappa shape index (κ1) is 12.9. The van der Waals surface area contributed by atoms with Gasteiger partial charge < -0.3 is 10.8 Å². The van der Waals surface area contributed by atoms with Crippen LogP contribution in [-0.2, 0) is 9.84 Å². The third kappa shape index (κ3) is 4.59. The quantitative estimate of drug-likeness (QED) is 0.655. The molecule has 0 bridgehead atoms. The zero-order chi connectivity index (χ0) is 10.7. The first-order valence-electron chi connectivity index (χ1n) is 4.27. The van der Waals surface area contributed by atoms with E-state index in [-0.39, 0.29) is 5.75 Å². The summed E-state index contributed by atoms with van der Waals surface area (Å²) >= 11 is 0. The fourth-order valence-corrected chi connectivity index (χ4v) is 1.74. The molecule has 0 fully saturated rings. The second-order valence-electron chi connectivity index (χ2n) is 3.91. The van der Waals surface area contributed by atoms with E-state index in [0.29, 0.717) is 13.0 Å². The maximum atomic E-state index is 10.9. The van der Waals surface area contributed by atoms with Crippen molar-refractivity contribution in [3.63, 3.8) is 0 Å². The van der Waals surface area contributed by atoms with Gasteiger partial charge in [-0.2, -0.15) is 0 Å². The largest absolute Gasteiger partial charge is 0.393 e. The van der Waals surface area contributed by atoms with Crippen LogP contribution in [0.15, 0.2) is 0 Å². The molecule has 0 rings (SSSR count). The van der Waals surface area contributed by atoms with Crippen LogP contribution in [0.25, 0.3) is 0 Å². The monoisotopic (exact) mass is 209 g/mol. The predicted octanol–water partition coefficient (Wildman–Crippen LogP) is -0.233. The lowest BCUT2D eigenvalue weighted by Crippen LogP contribution is -2.39. The van der Waals surface area contributed by atoms with E-state index in [0.717, 1.165) is 0 Å². The third-order valence-electron chi connectivity index (χ3n) is 2.52. The first-order valence-corrected chi connectivity index (χ1v) is 6.33. The molecule has 0 radical (unpaired) electrons. The summed E-state index contributed by atoms with van der Waals surface area (Å²) in [6.07, 6.45) is 1.01. The Kier molecular flexibility index (Phi) is 4.35. The molecule has 5 heteroatoms. The second kappa shape index (κ2) is 4.39. The molecule has 13 heavy (non-hydrogen) atoms. The molecule has 3 N–H and O–H groups in total. The maximum absolute atomic E-state index is 10.9. The van der Waals surface area contributed by atoms with Gasteiger partial charge in [-0.05, 0) is 13.3 Å². The molecule has 2 unspecified atom stereocenters. The summed E-state index contributed by atoms with van der Waals surface area (Å²) in [6.45, 7) is 3.72. The Labute approximate surface area is 80.1 Å². The first-order chi connectivity index (χ1) is 5.71. The number of aliphatic hydroxyl groups is 1. The molecule has 0 saturated heterocycles. The van der Waals surface area contributed by atoms with Gasteiger partial charge in [-0.3, -0.25) is 0 Å². The lowest BCUT2D eigenvalue weighted by molar-refractivity contribution is 0.0564. The SMILES string of the molecule is CC(O)C(C)(CN)CCS(C)(=O)=O. The average molecular weight is 209 g/mol. The van der Waals surface area contributed by atoms with Gasteiger partial charge in [0.15, 0.2) is 0 Å². The molecule has 0 aromatic rings. The van der Waals surface area contributed by atoms with Crippen molar-refractivity contribution in [3.8, 4) is 0 Å². The van der Waals surface area contributed by atoms with Crippen LogP contribution in [-0.4, -0.2) is 38.2 Å². The molecular weight excluding hydrogens is 190 g/mol. The van der Waals surface area contributed by atoms with Gasteiger partial charge >= 0.3 is 0 Å². The van der Waals surface area contributed by atoms with E-state index in [1.807, 2.05) is 0 Å². The van der Waals surface area contributed by atoms with Crippen molar-refractivity contribution in [2.45, 2.75) is 26.4 Å². The van der Waals surface area contributed by atoms with Crippen LogP contribution in [0.4, 0.5) is 0 Å². The number of sulfone groups is 1. The van der Waals surface area contributed by atoms with E-state index >= 15 is 0 Å². The van der Waals surface area contributed by atoms with Gasteiger partial charge in [-0.1, -0.05) is 6.92 Å². The topological polar surface area (TPSA) is 80.4 Å². The summed E-state index contributed by atoms with van der Waals surface area (Å²) in [5.74, 6) is 0.0750. The van der Waals surface area contributed by atoms with Gasteiger partial charge in [0.2, 0.25) is 0 Å². The fraction of sp³-hybridized carbons (Fsp3) is 1.00. The number of hydrogen-bond donors (Lipinski definition) is 2. The Hall–Kier alpha value is -0.130. The summed E-state index contributed by atoms with van der Waals surface area (Å²) in [5.41, 5.74) is 4.99. The fourth-order valence-electron chi connectivity index (χ4n) is 0.900. The van der Waals surface area contributed by atoms with Crippen LogP contribution in [0, 0.1) is 5.41 Å². The molecule has 2 atom stereocenters. The van der Waals surface area contributed by atoms with Crippen LogP contribution in [0.3, 0.4) is 0 Å². The minimum atomic E-state index is -2.97. The molecule has 4 nitrogen and oxygen atoms in total. The molecule has 0 aromatic heterocycles. The van der Waals surface area contributed by atoms with Crippen molar-refractivity contribution < 1.29 is 13.5 Å². The van der Waals surface area contributed by atoms with Crippen molar-refractivity contribution in [3.05, 3.63) is 0 Å². The van der Waals surface area contributed by atoms with E-state index in [1.54, 1.807) is 13.8 Å². The second-order valence-corrected chi connectivity index (χ2v) is 6.17. The number of hydrogen-bond acceptors (Lipinski definition) is 4. The molecule has 0 aliphatic carbocycles. The van der Waals surface area contributed by atoms with Crippen LogP contribution < -0.4 is 5.73 Å². The van der Waals surface area contributed by atoms with Crippen LogP contribution >= 0.6 is 0 Å². The Bertz CT molecular complexity index is 248. The van der Waals surface area contributed by atoms with Crippen LogP contribution in [0.2, 0.25) is 0 Å². The normalized spacial score (nSPS) is 19.5. The summed E-state index contributed by atoms with van der Waals surface area (Å²) < 4.78 is 21.8. The summed E-state index contributed by atoms with van der Waals surface area (Å²) in [4.78, 5) is 0. The molecule has 0 spiro atoms. The lowest BCUT2D eigenvalue weighted by atomic mass is 9.82. The Balaban J connectivity index is 4.30. The average Bonchev–Trinajstić information content (AvgIpc) is 1.98. The highest BCUT2D eigenvalue weighted by Crippen LogP contribution is 2.24. The van der Waals surface area contributed by atoms with E-state index in [4.69, 9.17) is 5.73 Å². The van der Waals surface area contributed by atoms with Gasteiger partial charge in [-0.15, -0.1) is 0 Å². The summed E-state index contributed by atoms with van der Waals surface area (Å²) in [6, 6.07) is 0. The summed E-state index contributed by atoms with van der Waals surface area (Å²) in [5, 5.41) is 9.39. The summed E-state index contributed by atoms with van der Waals surface area (Å²) in [7, 11) is -2.97. The molecule has 80 valence electrons. The van der Waals surface area contributed by atoms with Gasteiger partial charge in [0, 0.05) is 18.2 Å². The smallest absolute Gasteiger partial charge is 0.147 e. The molecule has 0 aliphatic heterocycles. The van der Waals surface area contributed by atoms with Crippen molar-refractivity contribution >= 4 is 9.84 Å². The highest BCUT2D eigenvalue weighted by atomic mass is 32.2. The number of rotatable bonds is 5. The molecule has 0 aromatic carbocycles. The van der Waals surface area contributed by atoms with Crippen molar-refractivity contribution in [1.29, 1.82) is 0 Å². The maximum Gasteiger partial charge on any atom is 0.147 e. The van der Waals surface area contributed by atoms with E-state index in [2.05, 4.69) is 0 Å². The minimum absolute atomic E-state index is 0.0750.